The Labute approximate surface area is 107 Å². The molecule has 0 saturated carbocycles. The molecular weight excluding hydrogens is 252 g/mol. The lowest BCUT2D eigenvalue weighted by Gasteiger charge is -2.05. The molecule has 0 aliphatic heterocycles. The maximum absolute atomic E-state index is 11.8. The Hall–Kier alpha value is -1.95. The summed E-state index contributed by atoms with van der Waals surface area (Å²) in [5.41, 5.74) is 2.06. The van der Waals surface area contributed by atoms with Gasteiger partial charge < -0.3 is 9.67 Å². The van der Waals surface area contributed by atoms with Gasteiger partial charge in [-0.15, -0.1) is 11.3 Å². The number of aryl methyl sites for hydroxylation is 3. The van der Waals surface area contributed by atoms with E-state index in [9.17, 15) is 9.59 Å². The zero-order valence-corrected chi connectivity index (χ0v) is 10.6. The van der Waals surface area contributed by atoms with Gasteiger partial charge in [-0.25, -0.2) is 9.78 Å². The minimum Gasteiger partial charge on any atom is -0.477 e. The van der Waals surface area contributed by atoms with Crippen molar-refractivity contribution in [3.8, 4) is 0 Å². The van der Waals surface area contributed by atoms with Crippen molar-refractivity contribution in [2.24, 2.45) is 0 Å². The number of rotatable bonds is 4. The summed E-state index contributed by atoms with van der Waals surface area (Å²) in [6.07, 6.45) is 2.28. The van der Waals surface area contributed by atoms with E-state index in [-0.39, 0.29) is 5.56 Å². The van der Waals surface area contributed by atoms with Gasteiger partial charge in [-0.2, -0.15) is 0 Å². The number of aromatic carboxylic acids is 1. The standard InChI is InChI=1S/C12H12N2O3S/c1-8-10(18-7-13-8)4-6-14-5-2-3-9(11(14)15)12(16)17/h2-3,5,7H,4,6H2,1H3,(H,16,17). The number of carbonyl (C=O) groups is 1. The van der Waals surface area contributed by atoms with Gasteiger partial charge >= 0.3 is 5.97 Å². The highest BCUT2D eigenvalue weighted by atomic mass is 32.1. The van der Waals surface area contributed by atoms with Crippen LogP contribution < -0.4 is 5.56 Å². The second kappa shape index (κ2) is 5.14. The van der Waals surface area contributed by atoms with E-state index >= 15 is 0 Å². The Kier molecular flexibility index (Phi) is 3.57. The zero-order valence-electron chi connectivity index (χ0n) is 9.79. The van der Waals surface area contributed by atoms with E-state index in [1.807, 2.05) is 6.92 Å². The molecule has 0 unspecified atom stereocenters. The Morgan fingerprint density at radius 1 is 1.56 bits per heavy atom. The lowest BCUT2D eigenvalue weighted by atomic mass is 10.2. The van der Waals surface area contributed by atoms with Gasteiger partial charge in [0.2, 0.25) is 0 Å². The Morgan fingerprint density at radius 3 is 2.94 bits per heavy atom. The third kappa shape index (κ3) is 2.48. The van der Waals surface area contributed by atoms with Crippen molar-refractivity contribution < 1.29 is 9.90 Å². The first-order valence-electron chi connectivity index (χ1n) is 5.41. The minimum atomic E-state index is -1.19. The topological polar surface area (TPSA) is 72.2 Å². The summed E-state index contributed by atoms with van der Waals surface area (Å²) >= 11 is 1.54. The van der Waals surface area contributed by atoms with Crippen molar-refractivity contribution in [3.63, 3.8) is 0 Å². The highest BCUT2D eigenvalue weighted by Crippen LogP contribution is 2.13. The number of nitrogens with zero attached hydrogens (tertiary/aromatic N) is 2. The summed E-state index contributed by atoms with van der Waals surface area (Å²) < 4.78 is 1.42. The van der Waals surface area contributed by atoms with E-state index in [0.717, 1.165) is 10.6 Å². The van der Waals surface area contributed by atoms with Crippen LogP contribution in [0.3, 0.4) is 0 Å². The number of hydrogen-bond acceptors (Lipinski definition) is 4. The van der Waals surface area contributed by atoms with Crippen LogP contribution >= 0.6 is 11.3 Å². The number of hydrogen-bond donors (Lipinski definition) is 1. The molecule has 2 heterocycles. The highest BCUT2D eigenvalue weighted by Gasteiger charge is 2.10. The third-order valence-corrected chi connectivity index (χ3v) is 3.67. The van der Waals surface area contributed by atoms with Crippen molar-refractivity contribution in [2.45, 2.75) is 19.9 Å². The van der Waals surface area contributed by atoms with Gasteiger partial charge in [0.05, 0.1) is 11.2 Å². The lowest BCUT2D eigenvalue weighted by molar-refractivity contribution is 0.0694. The van der Waals surface area contributed by atoms with Crippen LogP contribution in [0.2, 0.25) is 0 Å². The summed E-state index contributed by atoms with van der Waals surface area (Å²) in [5, 5.41) is 8.87. The second-order valence-corrected chi connectivity index (χ2v) is 4.78. The molecule has 0 aliphatic carbocycles. The van der Waals surface area contributed by atoms with Gasteiger partial charge in [0.1, 0.15) is 5.56 Å². The number of thiazole rings is 1. The normalized spacial score (nSPS) is 10.5. The molecular formula is C12H12N2O3S. The van der Waals surface area contributed by atoms with Gasteiger partial charge in [-0.3, -0.25) is 4.79 Å². The predicted molar refractivity (Wildman–Crippen MR) is 68.2 cm³/mol. The summed E-state index contributed by atoms with van der Waals surface area (Å²) in [6.45, 7) is 2.38. The van der Waals surface area contributed by atoms with Crippen molar-refractivity contribution >= 4 is 17.3 Å². The monoisotopic (exact) mass is 264 g/mol. The minimum absolute atomic E-state index is 0.196. The Morgan fingerprint density at radius 2 is 2.33 bits per heavy atom. The van der Waals surface area contributed by atoms with Gasteiger partial charge in [0, 0.05) is 24.0 Å². The van der Waals surface area contributed by atoms with Crippen LogP contribution in [0.5, 0.6) is 0 Å². The molecule has 0 radical (unpaired) electrons. The fourth-order valence-electron chi connectivity index (χ4n) is 1.66. The van der Waals surface area contributed by atoms with E-state index in [2.05, 4.69) is 4.98 Å². The quantitative estimate of drug-likeness (QED) is 0.909. The molecule has 0 fully saturated rings. The largest absolute Gasteiger partial charge is 0.477 e. The molecule has 0 saturated heterocycles. The van der Waals surface area contributed by atoms with Crippen LogP contribution in [0.4, 0.5) is 0 Å². The zero-order chi connectivity index (χ0) is 13.1. The van der Waals surface area contributed by atoms with Gasteiger partial charge in [0.25, 0.3) is 5.56 Å². The highest BCUT2D eigenvalue weighted by molar-refractivity contribution is 7.09. The van der Waals surface area contributed by atoms with Crippen LogP contribution in [0.25, 0.3) is 0 Å². The SMILES string of the molecule is Cc1ncsc1CCn1cccc(C(=O)O)c1=O. The molecule has 2 rings (SSSR count). The smallest absolute Gasteiger partial charge is 0.341 e. The molecule has 0 amide bonds. The fourth-order valence-corrected chi connectivity index (χ4v) is 2.43. The molecule has 2 aromatic rings. The fraction of sp³-hybridized carbons (Fsp3) is 0.250. The van der Waals surface area contributed by atoms with Crippen molar-refractivity contribution in [2.75, 3.05) is 0 Å². The molecule has 0 aromatic carbocycles. The average Bonchev–Trinajstić information content (AvgIpc) is 2.73. The van der Waals surface area contributed by atoms with E-state index < -0.39 is 11.5 Å². The molecule has 5 nitrogen and oxygen atoms in total. The predicted octanol–water partition coefficient (Wildman–Crippen LogP) is 1.55. The Balaban J connectivity index is 2.20. The van der Waals surface area contributed by atoms with E-state index in [1.54, 1.807) is 29.1 Å². The van der Waals surface area contributed by atoms with E-state index in [1.165, 1.54) is 10.6 Å². The summed E-state index contributed by atoms with van der Waals surface area (Å²) in [5.74, 6) is -1.19. The third-order valence-electron chi connectivity index (χ3n) is 2.68. The van der Waals surface area contributed by atoms with Crippen LogP contribution in [-0.4, -0.2) is 20.6 Å². The van der Waals surface area contributed by atoms with E-state index in [4.69, 9.17) is 5.11 Å². The number of aromatic nitrogens is 2. The molecule has 18 heavy (non-hydrogen) atoms. The summed E-state index contributed by atoms with van der Waals surface area (Å²) in [7, 11) is 0. The Bertz CT molecular complexity index is 630. The number of carboxylic acids is 1. The van der Waals surface area contributed by atoms with Gasteiger partial charge in [0.15, 0.2) is 0 Å². The van der Waals surface area contributed by atoms with Crippen LogP contribution in [0, 0.1) is 6.92 Å². The van der Waals surface area contributed by atoms with Gasteiger partial charge in [-0.05, 0) is 19.1 Å². The van der Waals surface area contributed by atoms with E-state index in [0.29, 0.717) is 13.0 Å². The summed E-state index contributed by atoms with van der Waals surface area (Å²) in [4.78, 5) is 27.9. The molecule has 0 bridgehead atoms. The molecule has 94 valence electrons. The van der Waals surface area contributed by atoms with Crippen molar-refractivity contribution in [1.82, 2.24) is 9.55 Å². The first-order chi connectivity index (χ1) is 8.59. The molecule has 0 atom stereocenters. The number of carboxylic acid groups (broad SMARTS) is 1. The first-order valence-corrected chi connectivity index (χ1v) is 6.29. The maximum Gasteiger partial charge on any atom is 0.341 e. The molecule has 6 heteroatoms. The molecule has 0 spiro atoms. The van der Waals surface area contributed by atoms with Gasteiger partial charge in [-0.1, -0.05) is 0 Å². The van der Waals surface area contributed by atoms with Crippen LogP contribution in [0.1, 0.15) is 20.9 Å². The van der Waals surface area contributed by atoms with Crippen molar-refractivity contribution in [1.29, 1.82) is 0 Å². The van der Waals surface area contributed by atoms with Crippen molar-refractivity contribution in [3.05, 3.63) is 50.3 Å². The van der Waals surface area contributed by atoms with Crippen LogP contribution in [0.15, 0.2) is 28.6 Å². The molecule has 2 aromatic heterocycles. The second-order valence-electron chi connectivity index (χ2n) is 3.84. The lowest BCUT2D eigenvalue weighted by Crippen LogP contribution is -2.26. The first kappa shape index (κ1) is 12.5. The number of pyridine rings is 1. The van der Waals surface area contributed by atoms with Crippen LogP contribution in [-0.2, 0) is 13.0 Å². The molecule has 1 N–H and O–H groups in total. The average molecular weight is 264 g/mol. The summed E-state index contributed by atoms with van der Waals surface area (Å²) in [6, 6.07) is 2.89. The maximum atomic E-state index is 11.8. The molecule has 0 aliphatic rings.